The molecule has 2 heteroatoms. The number of nitrogens with one attached hydrogen (secondary N) is 1. The van der Waals surface area contributed by atoms with E-state index in [0.717, 1.165) is 12.5 Å². The van der Waals surface area contributed by atoms with Crippen molar-refractivity contribution < 1.29 is 4.74 Å². The van der Waals surface area contributed by atoms with E-state index in [1.54, 1.807) is 0 Å². The van der Waals surface area contributed by atoms with Crippen molar-refractivity contribution in [1.29, 1.82) is 0 Å². The molecule has 2 fully saturated rings. The first-order chi connectivity index (χ1) is 7.75. The van der Waals surface area contributed by atoms with E-state index >= 15 is 0 Å². The van der Waals surface area contributed by atoms with Gasteiger partial charge >= 0.3 is 0 Å². The molecule has 0 aromatic carbocycles. The van der Waals surface area contributed by atoms with Crippen LogP contribution in [-0.4, -0.2) is 24.8 Å². The summed E-state index contributed by atoms with van der Waals surface area (Å²) in [6.45, 7) is 5.52. The highest BCUT2D eigenvalue weighted by Crippen LogP contribution is 2.27. The summed E-state index contributed by atoms with van der Waals surface area (Å²) < 4.78 is 5.60. The van der Waals surface area contributed by atoms with Crippen molar-refractivity contribution in [2.75, 3.05) is 6.61 Å². The smallest absolute Gasteiger partial charge is 0.0561 e. The van der Waals surface area contributed by atoms with Gasteiger partial charge in [-0.1, -0.05) is 19.3 Å². The van der Waals surface area contributed by atoms with Gasteiger partial charge in [-0.05, 0) is 45.4 Å². The lowest BCUT2D eigenvalue weighted by Crippen LogP contribution is -2.45. The predicted molar refractivity (Wildman–Crippen MR) is 67.6 cm³/mol. The van der Waals surface area contributed by atoms with Gasteiger partial charge in [0.15, 0.2) is 0 Å². The highest BCUT2D eigenvalue weighted by Gasteiger charge is 2.25. The Labute approximate surface area is 100 Å². The summed E-state index contributed by atoms with van der Waals surface area (Å²) in [6, 6.07) is 1.40. The molecule has 3 atom stereocenters. The van der Waals surface area contributed by atoms with Gasteiger partial charge in [0.1, 0.15) is 0 Å². The molecule has 2 unspecified atom stereocenters. The highest BCUT2D eigenvalue weighted by atomic mass is 16.5. The van der Waals surface area contributed by atoms with E-state index in [4.69, 9.17) is 4.74 Å². The number of ether oxygens (including phenoxy) is 1. The Morgan fingerprint density at radius 3 is 2.56 bits per heavy atom. The molecule has 1 saturated heterocycles. The van der Waals surface area contributed by atoms with E-state index in [2.05, 4.69) is 19.2 Å². The molecular weight excluding hydrogens is 198 g/mol. The van der Waals surface area contributed by atoms with Crippen LogP contribution in [0, 0.1) is 5.92 Å². The van der Waals surface area contributed by atoms with Gasteiger partial charge in [-0.2, -0.15) is 0 Å². The summed E-state index contributed by atoms with van der Waals surface area (Å²) in [6.07, 6.45) is 10.1. The minimum atomic E-state index is 0.449. The lowest BCUT2D eigenvalue weighted by Gasteiger charge is -2.35. The molecular formula is C14H27NO. The molecule has 0 radical (unpaired) electrons. The van der Waals surface area contributed by atoms with Crippen LogP contribution in [-0.2, 0) is 4.74 Å². The molecule has 1 aliphatic heterocycles. The number of hydrogen-bond acceptors (Lipinski definition) is 2. The van der Waals surface area contributed by atoms with Gasteiger partial charge in [-0.3, -0.25) is 0 Å². The van der Waals surface area contributed by atoms with Crippen molar-refractivity contribution in [1.82, 2.24) is 5.32 Å². The zero-order valence-corrected chi connectivity index (χ0v) is 10.9. The minimum absolute atomic E-state index is 0.449. The van der Waals surface area contributed by atoms with E-state index in [1.165, 1.54) is 44.9 Å². The lowest BCUT2D eigenvalue weighted by atomic mass is 9.84. The van der Waals surface area contributed by atoms with Gasteiger partial charge < -0.3 is 10.1 Å². The van der Waals surface area contributed by atoms with Gasteiger partial charge in [0.2, 0.25) is 0 Å². The zero-order chi connectivity index (χ0) is 11.4. The molecule has 1 saturated carbocycles. The van der Waals surface area contributed by atoms with Crippen molar-refractivity contribution in [2.24, 2.45) is 5.92 Å². The average Bonchev–Trinajstić information content (AvgIpc) is 2.30. The predicted octanol–water partition coefficient (Wildman–Crippen LogP) is 3.11. The monoisotopic (exact) mass is 225 g/mol. The van der Waals surface area contributed by atoms with Crippen molar-refractivity contribution in [3.05, 3.63) is 0 Å². The Balaban J connectivity index is 1.74. The van der Waals surface area contributed by atoms with E-state index in [9.17, 15) is 0 Å². The molecule has 0 aromatic heterocycles. The van der Waals surface area contributed by atoms with Crippen LogP contribution in [0.2, 0.25) is 0 Å². The summed E-state index contributed by atoms with van der Waals surface area (Å²) >= 11 is 0. The Kier molecular flexibility index (Phi) is 4.66. The van der Waals surface area contributed by atoms with Crippen molar-refractivity contribution in [3.63, 3.8) is 0 Å². The summed E-state index contributed by atoms with van der Waals surface area (Å²) in [5.41, 5.74) is 0. The van der Waals surface area contributed by atoms with Gasteiger partial charge in [0, 0.05) is 18.7 Å². The number of hydrogen-bond donors (Lipinski definition) is 1. The fourth-order valence-corrected chi connectivity index (χ4v) is 3.29. The molecule has 2 rings (SSSR count). The van der Waals surface area contributed by atoms with Gasteiger partial charge in [-0.25, -0.2) is 0 Å². The van der Waals surface area contributed by atoms with Crippen molar-refractivity contribution in [2.45, 2.75) is 77.0 Å². The highest BCUT2D eigenvalue weighted by molar-refractivity contribution is 4.82. The molecule has 0 amide bonds. The third-order valence-electron chi connectivity index (χ3n) is 4.34. The van der Waals surface area contributed by atoms with Crippen LogP contribution in [0.15, 0.2) is 0 Å². The molecule has 1 heterocycles. The van der Waals surface area contributed by atoms with Crippen LogP contribution in [0.4, 0.5) is 0 Å². The molecule has 2 aliphatic rings. The normalized spacial score (nSPS) is 34.9. The van der Waals surface area contributed by atoms with E-state index in [-0.39, 0.29) is 0 Å². The summed E-state index contributed by atoms with van der Waals surface area (Å²) in [4.78, 5) is 0. The standard InChI is InChI=1S/C14H27NO/c1-11-10-14(8-9-16-11)15-12(2)13-6-4-3-5-7-13/h11-15H,3-10H2,1-2H3/t11?,12-,14?/m0/s1. The lowest BCUT2D eigenvalue weighted by molar-refractivity contribution is 0.00970. The van der Waals surface area contributed by atoms with Crippen LogP contribution in [0.25, 0.3) is 0 Å². The fraction of sp³-hybridized carbons (Fsp3) is 1.00. The van der Waals surface area contributed by atoms with Crippen LogP contribution < -0.4 is 5.32 Å². The molecule has 1 N–H and O–H groups in total. The van der Waals surface area contributed by atoms with E-state index in [1.807, 2.05) is 0 Å². The SMILES string of the molecule is CC1CC(N[C@@H](C)C2CCCCC2)CCO1. The first kappa shape index (κ1) is 12.4. The fourth-order valence-electron chi connectivity index (χ4n) is 3.29. The van der Waals surface area contributed by atoms with E-state index in [0.29, 0.717) is 18.2 Å². The molecule has 94 valence electrons. The third kappa shape index (κ3) is 3.46. The Hall–Kier alpha value is -0.0800. The van der Waals surface area contributed by atoms with Gasteiger partial charge in [0.05, 0.1) is 6.10 Å². The summed E-state index contributed by atoms with van der Waals surface area (Å²) in [5.74, 6) is 0.923. The maximum Gasteiger partial charge on any atom is 0.0561 e. The van der Waals surface area contributed by atoms with Crippen LogP contribution >= 0.6 is 0 Å². The molecule has 0 bridgehead atoms. The Morgan fingerprint density at radius 2 is 1.88 bits per heavy atom. The molecule has 0 spiro atoms. The van der Waals surface area contributed by atoms with E-state index < -0.39 is 0 Å². The molecule has 2 nitrogen and oxygen atoms in total. The van der Waals surface area contributed by atoms with Crippen LogP contribution in [0.5, 0.6) is 0 Å². The topological polar surface area (TPSA) is 21.3 Å². The maximum atomic E-state index is 5.60. The summed E-state index contributed by atoms with van der Waals surface area (Å²) in [5, 5.41) is 3.84. The molecule has 0 aromatic rings. The second kappa shape index (κ2) is 6.02. The van der Waals surface area contributed by atoms with Crippen molar-refractivity contribution in [3.8, 4) is 0 Å². The largest absolute Gasteiger partial charge is 0.378 e. The Morgan fingerprint density at radius 1 is 1.12 bits per heavy atom. The van der Waals surface area contributed by atoms with Crippen LogP contribution in [0.1, 0.15) is 58.8 Å². The first-order valence-corrected chi connectivity index (χ1v) is 7.13. The molecule has 16 heavy (non-hydrogen) atoms. The molecule has 1 aliphatic carbocycles. The second-order valence-electron chi connectivity index (χ2n) is 5.76. The zero-order valence-electron chi connectivity index (χ0n) is 10.9. The summed E-state index contributed by atoms with van der Waals surface area (Å²) in [7, 11) is 0. The Bertz CT molecular complexity index is 201. The quantitative estimate of drug-likeness (QED) is 0.797. The second-order valence-corrected chi connectivity index (χ2v) is 5.76. The van der Waals surface area contributed by atoms with Gasteiger partial charge in [-0.15, -0.1) is 0 Å². The first-order valence-electron chi connectivity index (χ1n) is 7.13. The maximum absolute atomic E-state index is 5.60. The minimum Gasteiger partial charge on any atom is -0.378 e. The average molecular weight is 225 g/mol. The number of rotatable bonds is 3. The van der Waals surface area contributed by atoms with Crippen molar-refractivity contribution >= 4 is 0 Å². The van der Waals surface area contributed by atoms with Gasteiger partial charge in [0.25, 0.3) is 0 Å². The van der Waals surface area contributed by atoms with Crippen LogP contribution in [0.3, 0.4) is 0 Å². The third-order valence-corrected chi connectivity index (χ3v) is 4.34.